The lowest BCUT2D eigenvalue weighted by Gasteiger charge is -2.22. The van der Waals surface area contributed by atoms with Gasteiger partial charge in [0.1, 0.15) is 24.2 Å². The van der Waals surface area contributed by atoms with Gasteiger partial charge in [-0.2, -0.15) is 0 Å². The number of halogens is 1. The third-order valence-corrected chi connectivity index (χ3v) is 9.09. The quantitative estimate of drug-likeness (QED) is 0.0927. The molecule has 5 aromatic rings. The van der Waals surface area contributed by atoms with Crippen LogP contribution >= 0.6 is 27.3 Å². The molecule has 0 radical (unpaired) electrons. The molecule has 0 bridgehead atoms. The molecule has 0 N–H and O–H groups in total. The Kier molecular flexibility index (Phi) is 9.42. The Labute approximate surface area is 286 Å². The minimum Gasteiger partial charge on any atom is -0.493 e. The van der Waals surface area contributed by atoms with Gasteiger partial charge in [0.05, 0.1) is 46.1 Å². The van der Waals surface area contributed by atoms with E-state index in [4.69, 9.17) is 18.6 Å². The van der Waals surface area contributed by atoms with Crippen LogP contribution in [0.25, 0.3) is 17.4 Å². The van der Waals surface area contributed by atoms with Crippen LogP contribution in [-0.2, 0) is 16.1 Å². The maximum absolute atomic E-state index is 14.1. The van der Waals surface area contributed by atoms with Gasteiger partial charge in [0.15, 0.2) is 16.3 Å². The molecule has 3 aromatic carbocycles. The SMILES string of the molecule is CCOC(=O)C1=C(C)N=c2s/c(=C\c3cc(OC)c(OCc4ccccc4)cc3[N+](=O)[O-])c(=O)n2[C@H]1c1ccc(-c2ccc(Br)cc2)o1. The predicted molar refractivity (Wildman–Crippen MR) is 183 cm³/mol. The number of carbonyl (C=O) groups excluding carboxylic acids is 1. The molecule has 48 heavy (non-hydrogen) atoms. The lowest BCUT2D eigenvalue weighted by molar-refractivity contribution is -0.385. The Bertz CT molecular complexity index is 2240. The van der Waals surface area contributed by atoms with E-state index >= 15 is 0 Å². The van der Waals surface area contributed by atoms with Gasteiger partial charge in [-0.3, -0.25) is 19.5 Å². The summed E-state index contributed by atoms with van der Waals surface area (Å²) in [5.41, 5.74) is 1.52. The minimum atomic E-state index is -0.995. The van der Waals surface area contributed by atoms with Crippen molar-refractivity contribution >= 4 is 45.0 Å². The summed E-state index contributed by atoms with van der Waals surface area (Å²) >= 11 is 4.47. The van der Waals surface area contributed by atoms with E-state index in [0.717, 1.165) is 26.9 Å². The zero-order valence-corrected chi connectivity index (χ0v) is 28.4. The van der Waals surface area contributed by atoms with Crippen molar-refractivity contribution in [3.8, 4) is 22.8 Å². The number of furan rings is 1. The first-order valence-electron chi connectivity index (χ1n) is 14.8. The first kappa shape index (κ1) is 32.7. The Hall–Kier alpha value is -5.27. The summed E-state index contributed by atoms with van der Waals surface area (Å²) in [6, 6.07) is 22.1. The van der Waals surface area contributed by atoms with Gasteiger partial charge in [0.2, 0.25) is 0 Å². The van der Waals surface area contributed by atoms with Crippen molar-refractivity contribution in [1.29, 1.82) is 0 Å². The molecule has 2 aromatic heterocycles. The number of nitro groups is 1. The van der Waals surface area contributed by atoms with Crippen LogP contribution in [0.15, 0.2) is 109 Å². The Morgan fingerprint density at radius 3 is 2.54 bits per heavy atom. The van der Waals surface area contributed by atoms with E-state index in [1.54, 1.807) is 26.0 Å². The summed E-state index contributed by atoms with van der Waals surface area (Å²) in [7, 11) is 1.43. The largest absolute Gasteiger partial charge is 0.493 e. The van der Waals surface area contributed by atoms with Gasteiger partial charge in [-0.05, 0) is 55.8 Å². The van der Waals surface area contributed by atoms with Crippen molar-refractivity contribution in [3.05, 3.63) is 141 Å². The predicted octanol–water partition coefficient (Wildman–Crippen LogP) is 6.32. The smallest absolute Gasteiger partial charge is 0.338 e. The van der Waals surface area contributed by atoms with E-state index in [-0.39, 0.29) is 46.1 Å². The highest BCUT2D eigenvalue weighted by Gasteiger charge is 2.35. The molecule has 6 rings (SSSR count). The van der Waals surface area contributed by atoms with Crippen molar-refractivity contribution < 1.29 is 28.3 Å². The number of nitro benzene ring substituents is 1. The number of nitrogens with zero attached hydrogens (tertiary/aromatic N) is 3. The number of esters is 1. The van der Waals surface area contributed by atoms with Crippen molar-refractivity contribution in [3.63, 3.8) is 0 Å². The van der Waals surface area contributed by atoms with E-state index in [1.165, 1.54) is 29.9 Å². The molecule has 244 valence electrons. The average Bonchev–Trinajstić information content (AvgIpc) is 3.68. The van der Waals surface area contributed by atoms with Crippen molar-refractivity contribution in [2.75, 3.05) is 13.7 Å². The number of aromatic nitrogens is 1. The molecule has 1 aliphatic heterocycles. The third kappa shape index (κ3) is 6.46. The second-order valence-corrected chi connectivity index (χ2v) is 12.5. The number of ether oxygens (including phenoxy) is 3. The average molecular weight is 731 g/mol. The zero-order chi connectivity index (χ0) is 33.9. The number of benzene rings is 3. The summed E-state index contributed by atoms with van der Waals surface area (Å²) in [4.78, 5) is 44.0. The third-order valence-electron chi connectivity index (χ3n) is 7.58. The number of hydrogen-bond donors (Lipinski definition) is 0. The molecule has 13 heteroatoms. The number of allylic oxidation sites excluding steroid dienone is 1. The van der Waals surface area contributed by atoms with Crippen LogP contribution in [0.2, 0.25) is 0 Å². The molecule has 11 nitrogen and oxygen atoms in total. The van der Waals surface area contributed by atoms with E-state index in [9.17, 15) is 19.7 Å². The lowest BCUT2D eigenvalue weighted by atomic mass is 10.0. The summed E-state index contributed by atoms with van der Waals surface area (Å²) in [5, 5.41) is 12.2. The van der Waals surface area contributed by atoms with Gasteiger partial charge in [-0.15, -0.1) is 0 Å². The van der Waals surface area contributed by atoms with Gasteiger partial charge < -0.3 is 18.6 Å². The molecule has 0 spiro atoms. The van der Waals surface area contributed by atoms with E-state index in [0.29, 0.717) is 22.0 Å². The van der Waals surface area contributed by atoms with Crippen LogP contribution < -0.4 is 24.4 Å². The Morgan fingerprint density at radius 1 is 1.10 bits per heavy atom. The molecule has 0 unspecified atom stereocenters. The van der Waals surface area contributed by atoms with Gasteiger partial charge in [-0.1, -0.05) is 69.7 Å². The van der Waals surface area contributed by atoms with Gasteiger partial charge in [-0.25, -0.2) is 9.79 Å². The molecule has 0 fully saturated rings. The van der Waals surface area contributed by atoms with Crippen LogP contribution in [0.4, 0.5) is 5.69 Å². The van der Waals surface area contributed by atoms with Crippen molar-refractivity contribution in [2.45, 2.75) is 26.5 Å². The number of rotatable bonds is 10. The first-order chi connectivity index (χ1) is 23.2. The summed E-state index contributed by atoms with van der Waals surface area (Å²) < 4.78 is 25.4. The van der Waals surface area contributed by atoms with E-state index in [2.05, 4.69) is 20.9 Å². The normalized spacial score (nSPS) is 14.3. The van der Waals surface area contributed by atoms with E-state index < -0.39 is 22.5 Å². The number of carbonyl (C=O) groups is 1. The summed E-state index contributed by atoms with van der Waals surface area (Å²) in [6.45, 7) is 3.64. The molecule has 0 amide bonds. The summed E-state index contributed by atoms with van der Waals surface area (Å²) in [5.74, 6) is 0.664. The topological polar surface area (TPSA) is 135 Å². The molecule has 1 atom stereocenters. The highest BCUT2D eigenvalue weighted by molar-refractivity contribution is 9.10. The number of fused-ring (bicyclic) bond motifs is 1. The molecule has 3 heterocycles. The van der Waals surface area contributed by atoms with Gasteiger partial charge in [0.25, 0.3) is 11.2 Å². The van der Waals surface area contributed by atoms with Crippen molar-refractivity contribution in [1.82, 2.24) is 4.57 Å². The fourth-order valence-corrected chi connectivity index (χ4v) is 6.62. The number of hydrogen-bond acceptors (Lipinski definition) is 10. The standard InChI is InChI=1S/C35H28BrN3O8S/c1-4-45-34(41)31-20(2)37-35-38(32(31)27-15-14-26(47-27)22-10-12-24(36)13-11-22)33(40)30(48-35)17-23-16-28(44-3)29(18-25(23)39(42)43)46-19-21-8-6-5-7-9-21/h5-18,32H,4,19H2,1-3H3/b30-17-/t32-/m0/s1. The second-order valence-electron chi connectivity index (χ2n) is 10.6. The highest BCUT2D eigenvalue weighted by Crippen LogP contribution is 2.37. The lowest BCUT2D eigenvalue weighted by Crippen LogP contribution is -2.39. The molecule has 0 saturated carbocycles. The monoisotopic (exact) mass is 729 g/mol. The second kappa shape index (κ2) is 13.8. The van der Waals surface area contributed by atoms with Crippen LogP contribution in [0, 0.1) is 10.1 Å². The van der Waals surface area contributed by atoms with Gasteiger partial charge in [0, 0.05) is 10.0 Å². The number of methoxy groups -OCH3 is 1. The molecule has 0 saturated heterocycles. The first-order valence-corrected chi connectivity index (χ1v) is 16.4. The number of thiazole rings is 1. The summed E-state index contributed by atoms with van der Waals surface area (Å²) in [6.07, 6.45) is 1.42. The fraction of sp³-hybridized carbons (Fsp3) is 0.171. The van der Waals surface area contributed by atoms with E-state index in [1.807, 2.05) is 54.6 Å². The van der Waals surface area contributed by atoms with Crippen molar-refractivity contribution in [2.24, 2.45) is 4.99 Å². The zero-order valence-electron chi connectivity index (χ0n) is 26.0. The highest BCUT2D eigenvalue weighted by atomic mass is 79.9. The molecular formula is C35H28BrN3O8S. The fourth-order valence-electron chi connectivity index (χ4n) is 5.32. The molecule has 0 aliphatic carbocycles. The van der Waals surface area contributed by atoms with Crippen LogP contribution in [0.5, 0.6) is 11.5 Å². The molecule has 1 aliphatic rings. The van der Waals surface area contributed by atoms with Gasteiger partial charge >= 0.3 is 5.97 Å². The Balaban J connectivity index is 1.46. The van der Waals surface area contributed by atoms with Crippen LogP contribution in [0.1, 0.15) is 36.8 Å². The Morgan fingerprint density at radius 2 is 1.85 bits per heavy atom. The minimum absolute atomic E-state index is 0.117. The van der Waals surface area contributed by atoms with Crippen LogP contribution in [0.3, 0.4) is 0 Å². The molecular weight excluding hydrogens is 702 g/mol. The van der Waals surface area contributed by atoms with Crippen LogP contribution in [-0.4, -0.2) is 29.2 Å². The maximum atomic E-state index is 14.1. The maximum Gasteiger partial charge on any atom is 0.338 e.